The van der Waals surface area contributed by atoms with Gasteiger partial charge < -0.3 is 20.5 Å². The summed E-state index contributed by atoms with van der Waals surface area (Å²) in [5.41, 5.74) is 6.46. The first-order chi connectivity index (χ1) is 9.97. The van der Waals surface area contributed by atoms with E-state index in [1.807, 2.05) is 0 Å². The highest BCUT2D eigenvalue weighted by atomic mass is 19.3. The van der Waals surface area contributed by atoms with Crippen LogP contribution in [0.2, 0.25) is 0 Å². The van der Waals surface area contributed by atoms with E-state index in [1.165, 1.54) is 12.1 Å². The molecule has 1 amide bonds. The van der Waals surface area contributed by atoms with Gasteiger partial charge in [-0.3, -0.25) is 4.79 Å². The molecule has 3 atom stereocenters. The van der Waals surface area contributed by atoms with Crippen molar-refractivity contribution in [3.63, 3.8) is 0 Å². The number of nitrogens with two attached hydrogens (primary N) is 1. The van der Waals surface area contributed by atoms with Gasteiger partial charge in [-0.15, -0.1) is 0 Å². The fourth-order valence-corrected chi connectivity index (χ4v) is 2.20. The van der Waals surface area contributed by atoms with Gasteiger partial charge in [0.15, 0.2) is 0 Å². The maximum absolute atomic E-state index is 12.2. The van der Waals surface area contributed by atoms with Crippen LogP contribution in [0.4, 0.5) is 8.78 Å². The highest BCUT2D eigenvalue weighted by Gasteiger charge is 2.32. The van der Waals surface area contributed by atoms with Crippen LogP contribution >= 0.6 is 0 Å². The number of nitrogens with one attached hydrogen (secondary N) is 1. The third-order valence-corrected chi connectivity index (χ3v) is 3.40. The van der Waals surface area contributed by atoms with Crippen LogP contribution in [0.15, 0.2) is 24.3 Å². The summed E-state index contributed by atoms with van der Waals surface area (Å²) in [5, 5.41) is 2.81. The summed E-state index contributed by atoms with van der Waals surface area (Å²) in [6, 6.07) is 5.58. The largest absolute Gasteiger partial charge is 0.435 e. The first-order valence-electron chi connectivity index (χ1n) is 6.66. The molecule has 7 heteroatoms. The van der Waals surface area contributed by atoms with Crippen LogP contribution in [-0.4, -0.2) is 31.8 Å². The minimum atomic E-state index is -2.88. The number of benzene rings is 1. The van der Waals surface area contributed by atoms with Gasteiger partial charge in [0.25, 0.3) is 0 Å². The maximum atomic E-state index is 12.2. The second-order valence-electron chi connectivity index (χ2n) is 4.99. The van der Waals surface area contributed by atoms with Crippen molar-refractivity contribution < 1.29 is 23.0 Å². The lowest BCUT2D eigenvalue weighted by molar-refractivity contribution is -0.125. The van der Waals surface area contributed by atoms with Crippen LogP contribution in [0.5, 0.6) is 5.75 Å². The van der Waals surface area contributed by atoms with Crippen molar-refractivity contribution in [2.75, 3.05) is 13.2 Å². The third-order valence-electron chi connectivity index (χ3n) is 3.40. The van der Waals surface area contributed by atoms with Crippen molar-refractivity contribution >= 4 is 5.91 Å². The molecule has 0 radical (unpaired) electrons. The summed E-state index contributed by atoms with van der Waals surface area (Å²) in [4.78, 5) is 12.1. The molecule has 1 aromatic carbocycles. The Morgan fingerprint density at radius 1 is 1.48 bits per heavy atom. The Morgan fingerprint density at radius 2 is 2.24 bits per heavy atom. The zero-order valence-corrected chi connectivity index (χ0v) is 11.6. The van der Waals surface area contributed by atoms with Crippen LogP contribution in [0.25, 0.3) is 0 Å². The molecule has 1 heterocycles. The number of ether oxygens (including phenoxy) is 2. The Balaban J connectivity index is 1.99. The van der Waals surface area contributed by atoms with E-state index < -0.39 is 6.61 Å². The van der Waals surface area contributed by atoms with Crippen molar-refractivity contribution in [3.8, 4) is 5.75 Å². The van der Waals surface area contributed by atoms with Gasteiger partial charge in [0.1, 0.15) is 5.75 Å². The molecule has 116 valence electrons. The summed E-state index contributed by atoms with van der Waals surface area (Å²) in [7, 11) is 0. The van der Waals surface area contributed by atoms with Crippen LogP contribution in [0.3, 0.4) is 0 Å². The number of amides is 1. The van der Waals surface area contributed by atoms with E-state index in [0.29, 0.717) is 18.8 Å². The number of carbonyl (C=O) groups excluding carboxylic acids is 1. The Morgan fingerprint density at radius 3 is 2.86 bits per heavy atom. The SMILES string of the molecule is CC(NC(=O)C1COCC1N)c1cccc(OC(F)F)c1. The van der Waals surface area contributed by atoms with Gasteiger partial charge in [-0.1, -0.05) is 12.1 Å². The lowest BCUT2D eigenvalue weighted by Gasteiger charge is -2.19. The van der Waals surface area contributed by atoms with Crippen molar-refractivity contribution in [2.45, 2.75) is 25.6 Å². The van der Waals surface area contributed by atoms with Crippen LogP contribution in [0, 0.1) is 5.92 Å². The second-order valence-corrected chi connectivity index (χ2v) is 4.99. The smallest absolute Gasteiger partial charge is 0.387 e. The predicted molar refractivity (Wildman–Crippen MR) is 71.9 cm³/mol. The molecular formula is C14H18F2N2O3. The zero-order valence-electron chi connectivity index (χ0n) is 11.6. The van der Waals surface area contributed by atoms with Crippen molar-refractivity contribution in [1.82, 2.24) is 5.32 Å². The Bertz CT molecular complexity index is 499. The quantitative estimate of drug-likeness (QED) is 0.863. The van der Waals surface area contributed by atoms with Gasteiger partial charge in [0.2, 0.25) is 5.91 Å². The van der Waals surface area contributed by atoms with Gasteiger partial charge in [-0.05, 0) is 24.6 Å². The number of hydrogen-bond acceptors (Lipinski definition) is 4. The number of hydrogen-bond donors (Lipinski definition) is 2. The molecule has 0 bridgehead atoms. The second kappa shape index (κ2) is 6.82. The Kier molecular flexibility index (Phi) is 5.08. The molecule has 0 aliphatic carbocycles. The zero-order chi connectivity index (χ0) is 15.4. The average molecular weight is 300 g/mol. The summed E-state index contributed by atoms with van der Waals surface area (Å²) in [6.07, 6.45) is 0. The van der Waals surface area contributed by atoms with E-state index in [4.69, 9.17) is 10.5 Å². The minimum absolute atomic E-state index is 0.0597. The van der Waals surface area contributed by atoms with E-state index >= 15 is 0 Å². The topological polar surface area (TPSA) is 73.6 Å². The van der Waals surface area contributed by atoms with Gasteiger partial charge in [-0.25, -0.2) is 0 Å². The molecule has 21 heavy (non-hydrogen) atoms. The summed E-state index contributed by atoms with van der Waals surface area (Å²) >= 11 is 0. The molecule has 1 aliphatic heterocycles. The van der Waals surface area contributed by atoms with Crippen molar-refractivity contribution in [2.24, 2.45) is 11.7 Å². The Hall–Kier alpha value is -1.73. The fraction of sp³-hybridized carbons (Fsp3) is 0.500. The molecule has 0 aromatic heterocycles. The lowest BCUT2D eigenvalue weighted by Crippen LogP contribution is -2.41. The predicted octanol–water partition coefficient (Wildman–Crippen LogP) is 1.44. The molecule has 1 fully saturated rings. The molecule has 5 nitrogen and oxygen atoms in total. The third kappa shape index (κ3) is 4.12. The van der Waals surface area contributed by atoms with Crippen molar-refractivity contribution in [1.29, 1.82) is 0 Å². The first kappa shape index (κ1) is 15.7. The molecule has 3 N–H and O–H groups in total. The molecule has 1 saturated heterocycles. The number of alkyl halides is 2. The highest BCUT2D eigenvalue weighted by molar-refractivity contribution is 5.80. The highest BCUT2D eigenvalue weighted by Crippen LogP contribution is 2.21. The van der Waals surface area contributed by atoms with E-state index in [1.54, 1.807) is 19.1 Å². The summed E-state index contributed by atoms with van der Waals surface area (Å²) in [6.45, 7) is -0.446. The number of carbonyl (C=O) groups is 1. The molecule has 0 spiro atoms. The molecule has 1 aliphatic rings. The van der Waals surface area contributed by atoms with Crippen LogP contribution < -0.4 is 15.8 Å². The van der Waals surface area contributed by atoms with E-state index in [9.17, 15) is 13.6 Å². The number of rotatable bonds is 5. The standard InChI is InChI=1S/C14H18F2N2O3/c1-8(18-13(19)11-6-20-7-12(11)17)9-3-2-4-10(5-9)21-14(15)16/h2-5,8,11-12,14H,6-7,17H2,1H3,(H,18,19). The Labute approximate surface area is 121 Å². The summed E-state index contributed by atoms with van der Waals surface area (Å²) in [5.74, 6) is -0.523. The maximum Gasteiger partial charge on any atom is 0.387 e. The monoisotopic (exact) mass is 300 g/mol. The van der Waals surface area contributed by atoms with Gasteiger partial charge in [-0.2, -0.15) is 8.78 Å². The van der Waals surface area contributed by atoms with Gasteiger partial charge in [0, 0.05) is 6.04 Å². The molecule has 0 saturated carbocycles. The molecule has 3 unspecified atom stereocenters. The molecule has 1 aromatic rings. The fourth-order valence-electron chi connectivity index (χ4n) is 2.20. The van der Waals surface area contributed by atoms with Crippen LogP contribution in [0.1, 0.15) is 18.5 Å². The van der Waals surface area contributed by atoms with E-state index in [-0.39, 0.29) is 29.7 Å². The summed E-state index contributed by atoms with van der Waals surface area (Å²) < 4.78 is 33.9. The molecular weight excluding hydrogens is 282 g/mol. The molecule has 2 rings (SSSR count). The lowest BCUT2D eigenvalue weighted by atomic mass is 10.0. The minimum Gasteiger partial charge on any atom is -0.435 e. The van der Waals surface area contributed by atoms with E-state index in [2.05, 4.69) is 10.1 Å². The van der Waals surface area contributed by atoms with Gasteiger partial charge in [0.05, 0.1) is 25.2 Å². The van der Waals surface area contributed by atoms with Crippen molar-refractivity contribution in [3.05, 3.63) is 29.8 Å². The number of halogens is 2. The first-order valence-corrected chi connectivity index (χ1v) is 6.66. The average Bonchev–Trinajstić information content (AvgIpc) is 2.84. The van der Waals surface area contributed by atoms with Gasteiger partial charge >= 0.3 is 6.61 Å². The van der Waals surface area contributed by atoms with E-state index in [0.717, 1.165) is 0 Å². The normalized spacial score (nSPS) is 23.1. The van der Waals surface area contributed by atoms with Crippen LogP contribution in [-0.2, 0) is 9.53 Å².